The largest absolute Gasteiger partial charge is 0.481 e. The summed E-state index contributed by atoms with van der Waals surface area (Å²) in [6, 6.07) is 6.35. The molecule has 8 nitrogen and oxygen atoms in total. The summed E-state index contributed by atoms with van der Waals surface area (Å²) in [6.45, 7) is 15.5. The molecule has 1 spiro atoms. The maximum atomic E-state index is 14.6. The summed E-state index contributed by atoms with van der Waals surface area (Å²) < 4.78 is -1.47. The first kappa shape index (κ1) is 28.5. The number of thioether (sulfide) groups is 1. The molecule has 3 aliphatic rings. The number of carboxylic acids is 1. The Morgan fingerprint density at radius 2 is 1.79 bits per heavy atom. The minimum atomic E-state index is -0.993. The summed E-state index contributed by atoms with van der Waals surface area (Å²) in [7, 11) is 0. The summed E-state index contributed by atoms with van der Waals surface area (Å²) in [5.74, 6) is -3.36. The molecule has 6 atom stereocenters. The third kappa shape index (κ3) is 4.22. The van der Waals surface area contributed by atoms with Gasteiger partial charge in [-0.3, -0.25) is 14.4 Å². The van der Waals surface area contributed by atoms with E-state index in [9.17, 15) is 24.6 Å². The molecule has 2 bridgehead atoms. The Morgan fingerprint density at radius 3 is 2.29 bits per heavy atom. The van der Waals surface area contributed by atoms with Gasteiger partial charge in [0.1, 0.15) is 6.04 Å². The number of anilines is 2. The molecule has 1 aromatic carbocycles. The topological polar surface area (TPSA) is 101 Å². The number of carbonyl (C=O) groups is 3. The number of rotatable bonds is 11. The van der Waals surface area contributed by atoms with Crippen LogP contribution in [0, 0.1) is 17.8 Å². The van der Waals surface area contributed by atoms with E-state index in [4.69, 9.17) is 0 Å². The van der Waals surface area contributed by atoms with Gasteiger partial charge < -0.3 is 24.9 Å². The van der Waals surface area contributed by atoms with Crippen LogP contribution in [0.25, 0.3) is 0 Å². The number of aliphatic hydroxyl groups is 1. The van der Waals surface area contributed by atoms with Gasteiger partial charge in [-0.2, -0.15) is 0 Å². The van der Waals surface area contributed by atoms with Crippen molar-refractivity contribution in [3.05, 3.63) is 36.9 Å². The van der Waals surface area contributed by atoms with Gasteiger partial charge in [0, 0.05) is 35.8 Å². The molecule has 2 N–H and O–H groups in total. The lowest BCUT2D eigenvalue weighted by Gasteiger charge is -2.40. The van der Waals surface area contributed by atoms with Crippen LogP contribution >= 0.6 is 11.8 Å². The number of aliphatic carboxylic acids is 1. The fourth-order valence-electron chi connectivity index (χ4n) is 7.03. The number of hydrogen-bond acceptors (Lipinski definition) is 6. The SMILES string of the molecule is C=CCN(C(=O)C1N([C@@H](CO)C(C)C)C(=O)[C@@H]2[C@@H](C(=O)O)[C@@]3(C)CCC12S3)c1ccc(N(CC)CC)cc1. The molecule has 3 heterocycles. The average Bonchev–Trinajstić information content (AvgIpc) is 3.45. The van der Waals surface area contributed by atoms with Gasteiger partial charge in [0.25, 0.3) is 5.91 Å². The van der Waals surface area contributed by atoms with Crippen LogP contribution in [0.3, 0.4) is 0 Å². The van der Waals surface area contributed by atoms with Gasteiger partial charge in [0.15, 0.2) is 0 Å². The maximum absolute atomic E-state index is 14.6. The summed E-state index contributed by atoms with van der Waals surface area (Å²) >= 11 is 1.51. The summed E-state index contributed by atoms with van der Waals surface area (Å²) in [5, 5.41) is 20.6. The Bertz CT molecular complexity index is 1090. The van der Waals surface area contributed by atoms with Gasteiger partial charge in [-0.05, 0) is 63.8 Å². The summed E-state index contributed by atoms with van der Waals surface area (Å²) in [6.07, 6.45) is 2.88. The lowest BCUT2D eigenvalue weighted by atomic mass is 9.66. The molecule has 38 heavy (non-hydrogen) atoms. The second kappa shape index (κ2) is 10.6. The Morgan fingerprint density at radius 1 is 1.18 bits per heavy atom. The predicted molar refractivity (Wildman–Crippen MR) is 151 cm³/mol. The Hall–Kier alpha value is -2.52. The average molecular weight is 544 g/mol. The van der Waals surface area contributed by atoms with E-state index >= 15 is 0 Å². The van der Waals surface area contributed by atoms with E-state index in [0.717, 1.165) is 18.8 Å². The van der Waals surface area contributed by atoms with Crippen LogP contribution in [-0.2, 0) is 14.4 Å². The number of likely N-dealkylation sites (tertiary alicyclic amines) is 1. The fraction of sp³-hybridized carbons (Fsp3) is 0.621. The van der Waals surface area contributed by atoms with Gasteiger partial charge in [0.2, 0.25) is 5.91 Å². The lowest BCUT2D eigenvalue weighted by molar-refractivity contribution is -0.151. The van der Waals surface area contributed by atoms with Crippen molar-refractivity contribution in [3.63, 3.8) is 0 Å². The van der Waals surface area contributed by atoms with E-state index in [2.05, 4.69) is 25.3 Å². The highest BCUT2D eigenvalue weighted by atomic mass is 32.2. The monoisotopic (exact) mass is 543 g/mol. The minimum absolute atomic E-state index is 0.114. The molecule has 0 aromatic heterocycles. The zero-order chi connectivity index (χ0) is 28.0. The molecule has 2 amide bonds. The molecule has 2 unspecified atom stereocenters. The number of aliphatic hydroxyl groups excluding tert-OH is 1. The van der Waals surface area contributed by atoms with E-state index in [1.54, 1.807) is 15.9 Å². The molecule has 1 aromatic rings. The second-order valence-electron chi connectivity index (χ2n) is 11.2. The zero-order valence-corrected chi connectivity index (χ0v) is 23.9. The Labute approximate surface area is 230 Å². The number of nitrogens with zero attached hydrogens (tertiary/aromatic N) is 3. The van der Waals surface area contributed by atoms with E-state index in [1.165, 1.54) is 11.8 Å². The normalized spacial score (nSPS) is 30.4. The van der Waals surface area contributed by atoms with Crippen LogP contribution in [0.2, 0.25) is 0 Å². The number of hydrogen-bond donors (Lipinski definition) is 2. The van der Waals surface area contributed by atoms with Gasteiger partial charge in [-0.25, -0.2) is 0 Å². The fourth-order valence-corrected chi connectivity index (χ4v) is 9.36. The van der Waals surface area contributed by atoms with Crippen molar-refractivity contribution in [3.8, 4) is 0 Å². The smallest absolute Gasteiger partial charge is 0.308 e. The van der Waals surface area contributed by atoms with Crippen molar-refractivity contribution >= 4 is 40.9 Å². The third-order valence-electron chi connectivity index (χ3n) is 8.90. The molecule has 208 valence electrons. The number of fused-ring (bicyclic) bond motifs is 1. The molecule has 3 aliphatic heterocycles. The van der Waals surface area contributed by atoms with Crippen LogP contribution in [0.5, 0.6) is 0 Å². The summed E-state index contributed by atoms with van der Waals surface area (Å²) in [5.41, 5.74) is 1.75. The Kier molecular flexibility index (Phi) is 7.92. The van der Waals surface area contributed by atoms with Crippen LogP contribution in [0.1, 0.15) is 47.5 Å². The van der Waals surface area contributed by atoms with Crippen molar-refractivity contribution in [2.24, 2.45) is 17.8 Å². The van der Waals surface area contributed by atoms with Gasteiger partial charge in [-0.15, -0.1) is 18.3 Å². The van der Waals surface area contributed by atoms with Crippen LogP contribution < -0.4 is 9.80 Å². The van der Waals surface area contributed by atoms with E-state index in [-0.39, 0.29) is 30.9 Å². The highest BCUT2D eigenvalue weighted by Crippen LogP contribution is 2.71. The van der Waals surface area contributed by atoms with Gasteiger partial charge in [-0.1, -0.05) is 19.9 Å². The quantitative estimate of drug-likeness (QED) is 0.411. The van der Waals surface area contributed by atoms with E-state index in [0.29, 0.717) is 18.5 Å². The molecule has 3 saturated heterocycles. The van der Waals surface area contributed by atoms with E-state index in [1.807, 2.05) is 45.0 Å². The molecule has 0 saturated carbocycles. The van der Waals surface area contributed by atoms with Crippen molar-refractivity contribution in [2.45, 2.75) is 69.0 Å². The second-order valence-corrected chi connectivity index (χ2v) is 13.1. The number of carboxylic acid groups (broad SMARTS) is 1. The van der Waals surface area contributed by atoms with Crippen molar-refractivity contribution in [1.29, 1.82) is 0 Å². The number of carbonyl (C=O) groups excluding carboxylic acids is 2. The molecular weight excluding hydrogens is 502 g/mol. The van der Waals surface area contributed by atoms with Crippen molar-refractivity contribution in [1.82, 2.24) is 4.90 Å². The first-order valence-corrected chi connectivity index (χ1v) is 14.5. The van der Waals surface area contributed by atoms with Crippen molar-refractivity contribution in [2.75, 3.05) is 36.0 Å². The molecule has 4 rings (SSSR count). The number of amides is 2. The third-order valence-corrected chi connectivity index (χ3v) is 10.9. The molecule has 0 radical (unpaired) electrons. The lowest BCUT2D eigenvalue weighted by Crippen LogP contribution is -2.58. The highest BCUT2D eigenvalue weighted by molar-refractivity contribution is 8.02. The minimum Gasteiger partial charge on any atom is -0.481 e. The number of benzene rings is 1. The zero-order valence-electron chi connectivity index (χ0n) is 23.1. The van der Waals surface area contributed by atoms with E-state index < -0.39 is 39.4 Å². The molecule has 3 fully saturated rings. The Balaban J connectivity index is 1.81. The van der Waals surface area contributed by atoms with Gasteiger partial charge in [0.05, 0.1) is 29.2 Å². The highest BCUT2D eigenvalue weighted by Gasteiger charge is 2.78. The molecule has 0 aliphatic carbocycles. The van der Waals surface area contributed by atoms with Crippen LogP contribution in [0.4, 0.5) is 11.4 Å². The van der Waals surface area contributed by atoms with Crippen molar-refractivity contribution < 1.29 is 24.6 Å². The predicted octanol–water partition coefficient (Wildman–Crippen LogP) is 3.63. The van der Waals surface area contributed by atoms with Gasteiger partial charge >= 0.3 is 5.97 Å². The molecule has 9 heteroatoms. The maximum Gasteiger partial charge on any atom is 0.308 e. The standard InChI is InChI=1S/C29H41N3O5S/c1-7-16-31(20-12-10-19(11-13-20)30(8-2)9-3)26(35)24-29-15-14-28(6,38-29)23(27(36)37)22(29)25(34)32(24)21(17-33)18(4)5/h7,10-13,18,21-24,33H,1,8-9,14-17H2,2-6H3,(H,36,37)/t21-,22-,23-,24?,28+,29?/m0/s1. The first-order chi connectivity index (χ1) is 18.0. The molecular formula is C29H41N3O5S. The first-order valence-electron chi connectivity index (χ1n) is 13.6. The summed E-state index contributed by atoms with van der Waals surface area (Å²) in [4.78, 5) is 46.6. The van der Waals surface area contributed by atoms with Crippen LogP contribution in [-0.4, -0.2) is 80.7 Å². The van der Waals surface area contributed by atoms with Crippen LogP contribution in [0.15, 0.2) is 36.9 Å².